The van der Waals surface area contributed by atoms with Gasteiger partial charge in [-0.25, -0.2) is 9.18 Å². The maximum atomic E-state index is 13.0. The van der Waals surface area contributed by atoms with Gasteiger partial charge in [-0.15, -0.1) is 0 Å². The van der Waals surface area contributed by atoms with Gasteiger partial charge in [-0.3, -0.25) is 4.79 Å². The van der Waals surface area contributed by atoms with E-state index in [2.05, 4.69) is 10.6 Å². The van der Waals surface area contributed by atoms with Gasteiger partial charge >= 0.3 is 5.97 Å². The van der Waals surface area contributed by atoms with Crippen molar-refractivity contribution in [2.45, 2.75) is 19.9 Å². The normalized spacial score (nSPS) is 11.7. The summed E-state index contributed by atoms with van der Waals surface area (Å²) in [7, 11) is 0. The molecular formula is C12H15FN2O3. The second-order valence-electron chi connectivity index (χ2n) is 3.94. The monoisotopic (exact) mass is 254 g/mol. The molecule has 1 amide bonds. The molecule has 18 heavy (non-hydrogen) atoms. The Morgan fingerprint density at radius 1 is 1.44 bits per heavy atom. The van der Waals surface area contributed by atoms with E-state index in [1.54, 1.807) is 13.0 Å². The van der Waals surface area contributed by atoms with Crippen molar-refractivity contribution < 1.29 is 19.1 Å². The van der Waals surface area contributed by atoms with Gasteiger partial charge in [-0.05, 0) is 30.7 Å². The van der Waals surface area contributed by atoms with Crippen LogP contribution in [0.25, 0.3) is 0 Å². The number of anilines is 1. The fourth-order valence-corrected chi connectivity index (χ4v) is 1.42. The third-order valence-corrected chi connectivity index (χ3v) is 2.34. The van der Waals surface area contributed by atoms with E-state index in [-0.39, 0.29) is 12.4 Å². The van der Waals surface area contributed by atoms with Crippen LogP contribution in [-0.2, 0) is 9.59 Å². The summed E-state index contributed by atoms with van der Waals surface area (Å²) in [6.07, 6.45) is 0. The predicted octanol–water partition coefficient (Wildman–Crippen LogP) is 1.14. The zero-order chi connectivity index (χ0) is 13.7. The van der Waals surface area contributed by atoms with Gasteiger partial charge < -0.3 is 15.7 Å². The lowest BCUT2D eigenvalue weighted by Gasteiger charge is -2.15. The molecule has 0 aliphatic rings. The van der Waals surface area contributed by atoms with Crippen molar-refractivity contribution in [3.8, 4) is 0 Å². The molecule has 1 aromatic carbocycles. The van der Waals surface area contributed by atoms with Crippen LogP contribution in [-0.4, -0.2) is 29.6 Å². The molecule has 6 heteroatoms. The summed E-state index contributed by atoms with van der Waals surface area (Å²) in [6, 6.07) is 3.36. The third-order valence-electron chi connectivity index (χ3n) is 2.34. The fourth-order valence-electron chi connectivity index (χ4n) is 1.42. The zero-order valence-electron chi connectivity index (χ0n) is 10.2. The Labute approximate surface area is 104 Å². The van der Waals surface area contributed by atoms with Gasteiger partial charge in [0.25, 0.3) is 0 Å². The Hall–Kier alpha value is -2.11. The van der Waals surface area contributed by atoms with E-state index in [0.29, 0.717) is 11.3 Å². The zero-order valence-corrected chi connectivity index (χ0v) is 10.2. The first-order valence-electron chi connectivity index (χ1n) is 5.40. The fraction of sp³-hybridized carbons (Fsp3) is 0.333. The SMILES string of the molecule is CC(=O)NC(CNc1ccc(F)c(C)c1)C(=O)O. The number of carbonyl (C=O) groups excluding carboxylic acids is 1. The van der Waals surface area contributed by atoms with Crippen LogP contribution < -0.4 is 10.6 Å². The average Bonchev–Trinajstić information content (AvgIpc) is 2.28. The molecule has 1 aromatic rings. The van der Waals surface area contributed by atoms with Gasteiger partial charge in [-0.2, -0.15) is 0 Å². The highest BCUT2D eigenvalue weighted by atomic mass is 19.1. The van der Waals surface area contributed by atoms with Crippen LogP contribution in [0.2, 0.25) is 0 Å². The highest BCUT2D eigenvalue weighted by Crippen LogP contribution is 2.13. The van der Waals surface area contributed by atoms with Crippen LogP contribution in [0.4, 0.5) is 10.1 Å². The summed E-state index contributed by atoms with van der Waals surface area (Å²) in [6.45, 7) is 2.89. The molecule has 0 spiro atoms. The molecule has 0 aromatic heterocycles. The molecule has 0 aliphatic carbocycles. The Morgan fingerprint density at radius 2 is 2.11 bits per heavy atom. The lowest BCUT2D eigenvalue weighted by atomic mass is 10.2. The number of hydrogen-bond donors (Lipinski definition) is 3. The molecule has 0 radical (unpaired) electrons. The number of aryl methyl sites for hydroxylation is 1. The minimum Gasteiger partial charge on any atom is -0.480 e. The molecule has 98 valence electrons. The molecule has 1 atom stereocenters. The van der Waals surface area contributed by atoms with Crippen LogP contribution in [0.1, 0.15) is 12.5 Å². The molecule has 1 rings (SSSR count). The van der Waals surface area contributed by atoms with Crippen molar-refractivity contribution in [3.05, 3.63) is 29.6 Å². The maximum absolute atomic E-state index is 13.0. The second-order valence-corrected chi connectivity index (χ2v) is 3.94. The number of benzene rings is 1. The summed E-state index contributed by atoms with van der Waals surface area (Å²) < 4.78 is 13.0. The number of nitrogens with one attached hydrogen (secondary N) is 2. The van der Waals surface area contributed by atoms with Crippen LogP contribution in [0.15, 0.2) is 18.2 Å². The van der Waals surface area contributed by atoms with E-state index >= 15 is 0 Å². The van der Waals surface area contributed by atoms with Crippen molar-refractivity contribution in [2.75, 3.05) is 11.9 Å². The molecular weight excluding hydrogens is 239 g/mol. The van der Waals surface area contributed by atoms with Crippen molar-refractivity contribution >= 4 is 17.6 Å². The van der Waals surface area contributed by atoms with Gasteiger partial charge in [0.05, 0.1) is 0 Å². The Kier molecular flexibility index (Phi) is 4.65. The molecule has 0 heterocycles. The first-order chi connectivity index (χ1) is 8.40. The molecule has 0 saturated carbocycles. The lowest BCUT2D eigenvalue weighted by Crippen LogP contribution is -2.44. The minimum atomic E-state index is -1.13. The topological polar surface area (TPSA) is 78.4 Å². The summed E-state index contributed by atoms with van der Waals surface area (Å²) in [5.74, 6) is -1.87. The van der Waals surface area contributed by atoms with Crippen molar-refractivity contribution in [3.63, 3.8) is 0 Å². The first-order valence-corrected chi connectivity index (χ1v) is 5.40. The number of aliphatic carboxylic acids is 1. The van der Waals surface area contributed by atoms with Crippen LogP contribution >= 0.6 is 0 Å². The largest absolute Gasteiger partial charge is 0.480 e. The highest BCUT2D eigenvalue weighted by molar-refractivity contribution is 5.82. The van der Waals surface area contributed by atoms with Gasteiger partial charge in [0.15, 0.2) is 0 Å². The standard InChI is InChI=1S/C12H15FN2O3/c1-7-5-9(3-4-10(7)13)14-6-11(12(17)18)15-8(2)16/h3-5,11,14H,6H2,1-2H3,(H,15,16)(H,17,18). The third kappa shape index (κ3) is 4.04. The van der Waals surface area contributed by atoms with Gasteiger partial charge in [0, 0.05) is 19.2 Å². The number of hydrogen-bond acceptors (Lipinski definition) is 3. The predicted molar refractivity (Wildman–Crippen MR) is 64.9 cm³/mol. The number of carboxylic acid groups (broad SMARTS) is 1. The summed E-state index contributed by atoms with van der Waals surface area (Å²) in [5.41, 5.74) is 1.07. The lowest BCUT2D eigenvalue weighted by molar-refractivity contribution is -0.141. The summed E-state index contributed by atoms with van der Waals surface area (Å²) in [4.78, 5) is 21.7. The van der Waals surface area contributed by atoms with Gasteiger partial charge in [-0.1, -0.05) is 0 Å². The van der Waals surface area contributed by atoms with Crippen molar-refractivity contribution in [1.82, 2.24) is 5.32 Å². The Balaban J connectivity index is 2.64. The van der Waals surface area contributed by atoms with Crippen LogP contribution in [0.5, 0.6) is 0 Å². The Bertz CT molecular complexity index is 463. The smallest absolute Gasteiger partial charge is 0.328 e. The molecule has 0 saturated heterocycles. The molecule has 3 N–H and O–H groups in total. The van der Waals surface area contributed by atoms with Gasteiger partial charge in [0.1, 0.15) is 11.9 Å². The first kappa shape index (κ1) is 14.0. The number of halogens is 1. The number of rotatable bonds is 5. The number of amides is 1. The van der Waals surface area contributed by atoms with E-state index in [1.807, 2.05) is 0 Å². The van der Waals surface area contributed by atoms with Crippen LogP contribution in [0, 0.1) is 12.7 Å². The van der Waals surface area contributed by atoms with E-state index in [1.165, 1.54) is 19.1 Å². The quantitative estimate of drug-likeness (QED) is 0.736. The van der Waals surface area contributed by atoms with E-state index < -0.39 is 17.9 Å². The second kappa shape index (κ2) is 6.00. The summed E-state index contributed by atoms with van der Waals surface area (Å²) in [5, 5.41) is 14.0. The molecule has 0 fully saturated rings. The maximum Gasteiger partial charge on any atom is 0.328 e. The van der Waals surface area contributed by atoms with Crippen molar-refractivity contribution in [2.24, 2.45) is 0 Å². The number of carbonyl (C=O) groups is 2. The summed E-state index contributed by atoms with van der Waals surface area (Å²) >= 11 is 0. The van der Waals surface area contributed by atoms with E-state index in [9.17, 15) is 14.0 Å². The van der Waals surface area contributed by atoms with Crippen molar-refractivity contribution in [1.29, 1.82) is 0 Å². The molecule has 0 aliphatic heterocycles. The average molecular weight is 254 g/mol. The Morgan fingerprint density at radius 3 is 2.61 bits per heavy atom. The van der Waals surface area contributed by atoms with E-state index in [0.717, 1.165) is 0 Å². The van der Waals surface area contributed by atoms with E-state index in [4.69, 9.17) is 5.11 Å². The molecule has 5 nitrogen and oxygen atoms in total. The molecule has 1 unspecified atom stereocenters. The minimum absolute atomic E-state index is 0.0278. The van der Waals surface area contributed by atoms with Gasteiger partial charge in [0.2, 0.25) is 5.91 Å². The van der Waals surface area contributed by atoms with Crippen LogP contribution in [0.3, 0.4) is 0 Å². The highest BCUT2D eigenvalue weighted by Gasteiger charge is 2.17. The molecule has 0 bridgehead atoms. The number of carboxylic acids is 1.